The van der Waals surface area contributed by atoms with Crippen molar-refractivity contribution < 1.29 is 4.39 Å². The molecular formula is C26H27ClFN5O. The molecule has 0 spiro atoms. The van der Waals surface area contributed by atoms with E-state index in [-0.39, 0.29) is 23.0 Å². The van der Waals surface area contributed by atoms with E-state index in [0.29, 0.717) is 34.0 Å². The number of hydrogen-bond acceptors (Lipinski definition) is 5. The summed E-state index contributed by atoms with van der Waals surface area (Å²) in [5.74, 6) is -0.215. The molecule has 3 aromatic rings. The van der Waals surface area contributed by atoms with Crippen LogP contribution < -0.4 is 15.4 Å². The lowest BCUT2D eigenvalue weighted by molar-refractivity contribution is 0.366. The molecule has 2 aliphatic rings. The minimum absolute atomic E-state index is 0.0975. The lowest BCUT2D eigenvalue weighted by atomic mass is 9.88. The number of pyridine rings is 2. The molecule has 2 aromatic heterocycles. The molecule has 0 radical (unpaired) electrons. The molecule has 34 heavy (non-hydrogen) atoms. The summed E-state index contributed by atoms with van der Waals surface area (Å²) < 4.78 is 14.9. The van der Waals surface area contributed by atoms with E-state index in [1.807, 2.05) is 19.2 Å². The van der Waals surface area contributed by atoms with Crippen LogP contribution in [0.15, 0.2) is 41.2 Å². The molecule has 8 heteroatoms. The van der Waals surface area contributed by atoms with Crippen molar-refractivity contribution in [1.29, 1.82) is 5.26 Å². The van der Waals surface area contributed by atoms with Gasteiger partial charge in [0.05, 0.1) is 11.2 Å². The number of aromatic nitrogens is 2. The van der Waals surface area contributed by atoms with Gasteiger partial charge in [-0.15, -0.1) is 0 Å². The average molecular weight is 480 g/mol. The Morgan fingerprint density at radius 1 is 1.03 bits per heavy atom. The number of fused-ring (bicyclic) bond motifs is 1. The molecule has 0 N–H and O–H groups in total. The predicted molar refractivity (Wildman–Crippen MR) is 133 cm³/mol. The van der Waals surface area contributed by atoms with Crippen LogP contribution >= 0.6 is 11.6 Å². The van der Waals surface area contributed by atoms with Crippen LogP contribution in [0.4, 0.5) is 15.8 Å². The Hall–Kier alpha value is -3.11. The van der Waals surface area contributed by atoms with Crippen LogP contribution in [0, 0.1) is 17.1 Å². The normalized spacial score (nSPS) is 20.2. The van der Waals surface area contributed by atoms with Crippen molar-refractivity contribution in [3.8, 4) is 6.07 Å². The third-order valence-corrected chi connectivity index (χ3v) is 7.53. The van der Waals surface area contributed by atoms with Crippen molar-refractivity contribution in [2.45, 2.75) is 56.7 Å². The van der Waals surface area contributed by atoms with Gasteiger partial charge in [-0.2, -0.15) is 5.26 Å². The van der Waals surface area contributed by atoms with Crippen molar-refractivity contribution in [1.82, 2.24) is 9.55 Å². The summed E-state index contributed by atoms with van der Waals surface area (Å²) in [6.07, 6.45) is 6.17. The van der Waals surface area contributed by atoms with E-state index in [9.17, 15) is 14.4 Å². The summed E-state index contributed by atoms with van der Waals surface area (Å²) >= 11 is 6.20. The number of hydrogen-bond donors (Lipinski definition) is 0. The van der Waals surface area contributed by atoms with E-state index in [2.05, 4.69) is 20.9 Å². The Morgan fingerprint density at radius 3 is 2.21 bits per heavy atom. The number of rotatable bonds is 5. The van der Waals surface area contributed by atoms with E-state index < -0.39 is 0 Å². The first-order valence-corrected chi connectivity index (χ1v) is 12.1. The first-order chi connectivity index (χ1) is 16.4. The fourth-order valence-corrected chi connectivity index (χ4v) is 5.55. The smallest absolute Gasteiger partial charge is 0.270 e. The van der Waals surface area contributed by atoms with Crippen LogP contribution in [0.25, 0.3) is 11.0 Å². The van der Waals surface area contributed by atoms with Gasteiger partial charge in [-0.25, -0.2) is 9.37 Å². The molecule has 176 valence electrons. The van der Waals surface area contributed by atoms with Gasteiger partial charge in [0.1, 0.15) is 28.1 Å². The summed E-state index contributed by atoms with van der Waals surface area (Å²) in [6.45, 7) is 0. The summed E-state index contributed by atoms with van der Waals surface area (Å²) in [6, 6.07) is 13.5. The standard InChI is InChI=1S/C26H27ClFN5O/c1-31(25-21(15-29)26(34)32(2)22-13-14-23(27)30-24(22)25)17-7-9-19(10-8-17)33(20-11-12-20)18-5-3-16(28)4-6-18/h3-6,13-14,17,19-20H,7-12H2,1-2H3. The maximum Gasteiger partial charge on any atom is 0.270 e. The van der Waals surface area contributed by atoms with Gasteiger partial charge in [-0.3, -0.25) is 4.79 Å². The van der Waals surface area contributed by atoms with Crippen LogP contribution in [0.1, 0.15) is 44.1 Å². The van der Waals surface area contributed by atoms with E-state index in [0.717, 1.165) is 31.4 Å². The molecule has 2 fully saturated rings. The molecule has 0 saturated heterocycles. The Balaban J connectivity index is 1.42. The van der Waals surface area contributed by atoms with E-state index in [1.165, 1.54) is 29.5 Å². The lowest BCUT2D eigenvalue weighted by Crippen LogP contribution is -2.44. The van der Waals surface area contributed by atoms with Crippen LogP contribution in [-0.4, -0.2) is 34.7 Å². The third-order valence-electron chi connectivity index (χ3n) is 7.32. The quantitative estimate of drug-likeness (QED) is 0.481. The number of aryl methyl sites for hydroxylation is 1. The second-order valence-corrected chi connectivity index (χ2v) is 9.78. The summed E-state index contributed by atoms with van der Waals surface area (Å²) in [7, 11) is 3.60. The van der Waals surface area contributed by atoms with Crippen molar-refractivity contribution in [2.24, 2.45) is 7.05 Å². The predicted octanol–water partition coefficient (Wildman–Crippen LogP) is 5.01. The van der Waals surface area contributed by atoms with Gasteiger partial charge in [-0.1, -0.05) is 11.6 Å². The Bertz CT molecular complexity index is 1320. The van der Waals surface area contributed by atoms with Gasteiger partial charge in [-0.05, 0) is 74.9 Å². The van der Waals surface area contributed by atoms with Gasteiger partial charge >= 0.3 is 0 Å². The zero-order valence-corrected chi connectivity index (χ0v) is 20.1. The van der Waals surface area contributed by atoms with Gasteiger partial charge in [0.2, 0.25) is 0 Å². The van der Waals surface area contributed by atoms with Crippen molar-refractivity contribution in [3.63, 3.8) is 0 Å². The minimum Gasteiger partial charge on any atom is -0.369 e. The molecule has 1 aromatic carbocycles. The van der Waals surface area contributed by atoms with E-state index >= 15 is 0 Å². The molecule has 2 heterocycles. The van der Waals surface area contributed by atoms with Crippen molar-refractivity contribution in [3.05, 3.63) is 63.3 Å². The SMILES string of the molecule is CN(c1c(C#N)c(=O)n(C)c2ccc(Cl)nc12)C1CCC(N(c2ccc(F)cc2)C2CC2)CC1. The number of nitrogens with zero attached hydrogens (tertiary/aromatic N) is 5. The maximum absolute atomic E-state index is 13.5. The second-order valence-electron chi connectivity index (χ2n) is 9.39. The van der Waals surface area contributed by atoms with Crippen molar-refractivity contribution in [2.75, 3.05) is 16.8 Å². The molecule has 6 nitrogen and oxygen atoms in total. The van der Waals surface area contributed by atoms with Gasteiger partial charge in [0, 0.05) is 37.9 Å². The van der Waals surface area contributed by atoms with Crippen LogP contribution in [0.3, 0.4) is 0 Å². The molecule has 5 rings (SSSR count). The number of halogens is 2. The third kappa shape index (κ3) is 4.01. The highest BCUT2D eigenvalue weighted by Gasteiger charge is 2.37. The van der Waals surface area contributed by atoms with Crippen molar-refractivity contribution >= 4 is 34.0 Å². The highest BCUT2D eigenvalue weighted by atomic mass is 35.5. The molecule has 2 aliphatic carbocycles. The zero-order chi connectivity index (χ0) is 24.0. The van der Waals surface area contributed by atoms with Crippen LogP contribution in [-0.2, 0) is 7.05 Å². The first-order valence-electron chi connectivity index (χ1n) is 11.7. The first kappa shape index (κ1) is 22.7. The molecule has 0 bridgehead atoms. The molecule has 0 aliphatic heterocycles. The largest absolute Gasteiger partial charge is 0.369 e. The second kappa shape index (κ2) is 8.92. The van der Waals surface area contributed by atoms with Crippen LogP contribution in [0.2, 0.25) is 5.15 Å². The molecular weight excluding hydrogens is 453 g/mol. The summed E-state index contributed by atoms with van der Waals surface area (Å²) in [5.41, 5.74) is 2.64. The number of anilines is 2. The van der Waals surface area contributed by atoms with Crippen LogP contribution in [0.5, 0.6) is 0 Å². The fourth-order valence-electron chi connectivity index (χ4n) is 5.41. The molecule has 0 unspecified atom stereocenters. The van der Waals surface area contributed by atoms with Gasteiger partial charge < -0.3 is 14.4 Å². The summed E-state index contributed by atoms with van der Waals surface area (Å²) in [4.78, 5) is 22.0. The molecule has 0 atom stereocenters. The highest BCUT2D eigenvalue weighted by Crippen LogP contribution is 2.39. The number of nitriles is 1. The minimum atomic E-state index is -0.328. The molecule has 0 amide bonds. The maximum atomic E-state index is 13.5. The molecule has 2 saturated carbocycles. The average Bonchev–Trinajstić information content (AvgIpc) is 3.67. The highest BCUT2D eigenvalue weighted by molar-refractivity contribution is 6.29. The fraction of sp³-hybridized carbons (Fsp3) is 0.423. The Kier molecular flexibility index (Phi) is 5.95. The van der Waals surface area contributed by atoms with E-state index in [1.54, 1.807) is 19.2 Å². The Labute approximate surface area is 203 Å². The topological polar surface area (TPSA) is 65.2 Å². The summed E-state index contributed by atoms with van der Waals surface area (Å²) in [5, 5.41) is 10.2. The lowest BCUT2D eigenvalue weighted by Gasteiger charge is -2.42. The van der Waals surface area contributed by atoms with E-state index in [4.69, 9.17) is 11.6 Å². The zero-order valence-electron chi connectivity index (χ0n) is 19.3. The Morgan fingerprint density at radius 2 is 1.62 bits per heavy atom. The van der Waals surface area contributed by atoms with Gasteiger partial charge in [0.15, 0.2) is 0 Å². The van der Waals surface area contributed by atoms with Gasteiger partial charge in [0.25, 0.3) is 5.56 Å². The number of benzene rings is 1. The monoisotopic (exact) mass is 479 g/mol.